The van der Waals surface area contributed by atoms with Crippen molar-refractivity contribution in [1.82, 2.24) is 19.7 Å². The molecule has 1 aromatic carbocycles. The highest BCUT2D eigenvalue weighted by molar-refractivity contribution is 6.28. The van der Waals surface area contributed by atoms with Gasteiger partial charge < -0.3 is 10.1 Å². The zero-order chi connectivity index (χ0) is 19.6. The molecule has 0 aliphatic carbocycles. The van der Waals surface area contributed by atoms with E-state index in [2.05, 4.69) is 20.4 Å². The van der Waals surface area contributed by atoms with Crippen LogP contribution in [0.1, 0.15) is 26.3 Å². The molecular weight excluding hydrogens is 366 g/mol. The van der Waals surface area contributed by atoms with Crippen LogP contribution in [0.4, 0.5) is 16.3 Å². The summed E-state index contributed by atoms with van der Waals surface area (Å²) in [6, 6.07) is 7.68. The van der Waals surface area contributed by atoms with Crippen LogP contribution in [0.5, 0.6) is 0 Å². The predicted octanol–water partition coefficient (Wildman–Crippen LogP) is 4.83. The molecule has 0 saturated carbocycles. The molecule has 0 spiro atoms. The van der Waals surface area contributed by atoms with Gasteiger partial charge in [0.15, 0.2) is 0 Å². The highest BCUT2D eigenvalue weighted by atomic mass is 35.5. The molecule has 0 saturated heterocycles. The van der Waals surface area contributed by atoms with Crippen molar-refractivity contribution in [2.24, 2.45) is 0 Å². The highest BCUT2D eigenvalue weighted by Crippen LogP contribution is 2.24. The molecule has 1 N–H and O–H groups in total. The summed E-state index contributed by atoms with van der Waals surface area (Å²) < 4.78 is 6.50. The monoisotopic (exact) mass is 385 g/mol. The summed E-state index contributed by atoms with van der Waals surface area (Å²) in [5.74, 6) is 0.653. The van der Waals surface area contributed by atoms with E-state index in [0.29, 0.717) is 5.82 Å². The molecule has 0 fully saturated rings. The number of benzene rings is 1. The largest absolute Gasteiger partial charge is 0.442 e. The molecule has 7 nitrogen and oxygen atoms in total. The zero-order valence-corrected chi connectivity index (χ0v) is 16.3. The first-order valence-corrected chi connectivity index (χ1v) is 8.74. The van der Waals surface area contributed by atoms with Crippen molar-refractivity contribution in [3.63, 3.8) is 0 Å². The fourth-order valence-corrected chi connectivity index (χ4v) is 2.44. The average Bonchev–Trinajstić information content (AvgIpc) is 3.08. The molecule has 3 rings (SSSR count). The van der Waals surface area contributed by atoms with Crippen LogP contribution in [0.2, 0.25) is 5.28 Å². The van der Waals surface area contributed by atoms with E-state index in [4.69, 9.17) is 16.3 Å². The van der Waals surface area contributed by atoms with E-state index in [1.54, 1.807) is 18.6 Å². The SMILES string of the molecule is Cc1cnc(Cl)nc1Nc1ccc(-c2cnn(C(=O)OC(C)(C)C)c2)cc1. The molecule has 27 heavy (non-hydrogen) atoms. The molecule has 0 unspecified atom stereocenters. The molecule has 140 valence electrons. The number of nitrogens with one attached hydrogen (secondary N) is 1. The van der Waals surface area contributed by atoms with Crippen LogP contribution < -0.4 is 5.32 Å². The first-order chi connectivity index (χ1) is 12.7. The number of nitrogens with zero attached hydrogens (tertiary/aromatic N) is 4. The van der Waals surface area contributed by atoms with Gasteiger partial charge in [-0.2, -0.15) is 9.78 Å². The molecule has 0 atom stereocenters. The van der Waals surface area contributed by atoms with E-state index in [1.807, 2.05) is 52.0 Å². The second-order valence-corrected chi connectivity index (χ2v) is 7.36. The number of hydrogen-bond acceptors (Lipinski definition) is 6. The molecule has 2 heterocycles. The second-order valence-electron chi connectivity index (χ2n) is 7.03. The second kappa shape index (κ2) is 7.36. The van der Waals surface area contributed by atoms with Gasteiger partial charge in [-0.15, -0.1) is 0 Å². The van der Waals surface area contributed by atoms with Gasteiger partial charge in [0.05, 0.1) is 6.20 Å². The molecule has 3 aromatic rings. The molecule has 8 heteroatoms. The minimum absolute atomic E-state index is 0.189. The third-order valence-electron chi connectivity index (χ3n) is 3.59. The van der Waals surface area contributed by atoms with Gasteiger partial charge >= 0.3 is 6.09 Å². The van der Waals surface area contributed by atoms with Crippen molar-refractivity contribution in [2.45, 2.75) is 33.3 Å². The molecule has 0 bridgehead atoms. The van der Waals surface area contributed by atoms with Crippen molar-refractivity contribution in [2.75, 3.05) is 5.32 Å². The Hall–Kier alpha value is -2.93. The lowest BCUT2D eigenvalue weighted by atomic mass is 10.1. The number of aromatic nitrogens is 4. The van der Waals surface area contributed by atoms with Crippen LogP contribution >= 0.6 is 11.6 Å². The number of hydrogen-bond donors (Lipinski definition) is 1. The Morgan fingerprint density at radius 3 is 2.52 bits per heavy atom. The molecular formula is C19H20ClN5O2. The Balaban J connectivity index is 1.74. The van der Waals surface area contributed by atoms with Gasteiger partial charge in [0, 0.05) is 29.2 Å². The standard InChI is InChI=1S/C19H20ClN5O2/c1-12-9-21-17(20)24-16(12)23-15-7-5-13(6-8-15)14-10-22-25(11-14)18(26)27-19(2,3)4/h5-11H,1-4H3,(H,21,23,24). The van der Waals surface area contributed by atoms with E-state index < -0.39 is 11.7 Å². The van der Waals surface area contributed by atoms with Crippen molar-refractivity contribution < 1.29 is 9.53 Å². The maximum absolute atomic E-state index is 12.1. The van der Waals surface area contributed by atoms with Gasteiger partial charge in [-0.05, 0) is 57.0 Å². The van der Waals surface area contributed by atoms with E-state index in [9.17, 15) is 4.79 Å². The number of rotatable bonds is 3. The van der Waals surface area contributed by atoms with E-state index in [1.165, 1.54) is 4.68 Å². The van der Waals surface area contributed by atoms with Gasteiger partial charge in [0.25, 0.3) is 0 Å². The number of carbonyl (C=O) groups excluding carboxylic acids is 1. The lowest BCUT2D eigenvalue weighted by molar-refractivity contribution is 0.0514. The van der Waals surface area contributed by atoms with E-state index in [0.717, 1.165) is 22.4 Å². The van der Waals surface area contributed by atoms with Crippen molar-refractivity contribution in [1.29, 1.82) is 0 Å². The number of anilines is 2. The number of aryl methyl sites for hydroxylation is 1. The highest BCUT2D eigenvalue weighted by Gasteiger charge is 2.18. The topological polar surface area (TPSA) is 81.9 Å². The Bertz CT molecular complexity index is 961. The molecule has 0 aliphatic heterocycles. The van der Waals surface area contributed by atoms with Crippen LogP contribution in [0.25, 0.3) is 11.1 Å². The number of halogens is 1. The Kier molecular flexibility index (Phi) is 5.14. The number of carbonyl (C=O) groups is 1. The number of ether oxygens (including phenoxy) is 1. The third-order valence-corrected chi connectivity index (χ3v) is 3.77. The third kappa shape index (κ3) is 4.83. The Labute approximate surface area is 162 Å². The van der Waals surface area contributed by atoms with Crippen molar-refractivity contribution in [3.8, 4) is 11.1 Å². The van der Waals surface area contributed by atoms with Gasteiger partial charge in [0.1, 0.15) is 11.4 Å². The fourth-order valence-electron chi connectivity index (χ4n) is 2.31. The quantitative estimate of drug-likeness (QED) is 0.650. The summed E-state index contributed by atoms with van der Waals surface area (Å²) >= 11 is 5.85. The maximum atomic E-state index is 12.1. The Morgan fingerprint density at radius 2 is 1.85 bits per heavy atom. The minimum atomic E-state index is -0.571. The van der Waals surface area contributed by atoms with Crippen LogP contribution in [-0.2, 0) is 4.74 Å². The van der Waals surface area contributed by atoms with E-state index >= 15 is 0 Å². The van der Waals surface area contributed by atoms with Crippen LogP contribution in [-0.4, -0.2) is 31.4 Å². The summed E-state index contributed by atoms with van der Waals surface area (Å²) in [5.41, 5.74) is 2.91. The van der Waals surface area contributed by atoms with Crippen molar-refractivity contribution in [3.05, 3.63) is 53.7 Å². The zero-order valence-electron chi connectivity index (χ0n) is 15.5. The maximum Gasteiger partial charge on any atom is 0.435 e. The van der Waals surface area contributed by atoms with Gasteiger partial charge in [0.2, 0.25) is 5.28 Å². The Morgan fingerprint density at radius 1 is 1.15 bits per heavy atom. The lowest BCUT2D eigenvalue weighted by Gasteiger charge is -2.18. The van der Waals surface area contributed by atoms with Gasteiger partial charge in [-0.1, -0.05) is 12.1 Å². The summed E-state index contributed by atoms with van der Waals surface area (Å²) in [6.45, 7) is 7.34. The smallest absolute Gasteiger partial charge is 0.435 e. The fraction of sp³-hybridized carbons (Fsp3) is 0.263. The predicted molar refractivity (Wildman–Crippen MR) is 104 cm³/mol. The molecule has 0 aliphatic rings. The summed E-state index contributed by atoms with van der Waals surface area (Å²) in [5, 5.41) is 7.48. The van der Waals surface area contributed by atoms with Crippen molar-refractivity contribution >= 4 is 29.2 Å². The normalized spacial score (nSPS) is 11.3. The lowest BCUT2D eigenvalue weighted by Crippen LogP contribution is -2.27. The van der Waals surface area contributed by atoms with Crippen LogP contribution in [0, 0.1) is 6.92 Å². The average molecular weight is 386 g/mol. The van der Waals surface area contributed by atoms with Crippen LogP contribution in [0.15, 0.2) is 42.9 Å². The van der Waals surface area contributed by atoms with Gasteiger partial charge in [-0.3, -0.25) is 0 Å². The summed E-state index contributed by atoms with van der Waals surface area (Å²) in [4.78, 5) is 20.2. The minimum Gasteiger partial charge on any atom is -0.442 e. The van der Waals surface area contributed by atoms with Crippen LogP contribution in [0.3, 0.4) is 0 Å². The first-order valence-electron chi connectivity index (χ1n) is 8.36. The van der Waals surface area contributed by atoms with Gasteiger partial charge in [-0.25, -0.2) is 14.8 Å². The first kappa shape index (κ1) is 18.8. The summed E-state index contributed by atoms with van der Waals surface area (Å²) in [6.07, 6.45) is 4.42. The van der Waals surface area contributed by atoms with E-state index in [-0.39, 0.29) is 5.28 Å². The molecule has 0 amide bonds. The summed E-state index contributed by atoms with van der Waals surface area (Å²) in [7, 11) is 0. The molecule has 2 aromatic heterocycles. The molecule has 0 radical (unpaired) electrons.